The lowest BCUT2D eigenvalue weighted by Gasteiger charge is -2.16. The number of nitrogens with one attached hydrogen (secondary N) is 1. The zero-order chi connectivity index (χ0) is 15.4. The molecule has 2 aromatic rings. The molecule has 1 unspecified atom stereocenters. The van der Waals surface area contributed by atoms with Gasteiger partial charge in [0.05, 0.1) is 13.3 Å². The Morgan fingerprint density at radius 2 is 2.19 bits per heavy atom. The van der Waals surface area contributed by atoms with Crippen LogP contribution >= 0.6 is 0 Å². The van der Waals surface area contributed by atoms with E-state index in [9.17, 15) is 9.18 Å². The van der Waals surface area contributed by atoms with E-state index in [-0.39, 0.29) is 11.9 Å². The zero-order valence-corrected chi connectivity index (χ0v) is 12.2. The molecule has 21 heavy (non-hydrogen) atoms. The average Bonchev–Trinajstić information content (AvgIpc) is 2.94. The number of ether oxygens (including phenoxy) is 1. The summed E-state index contributed by atoms with van der Waals surface area (Å²) in [6.07, 6.45) is 3.38. The van der Waals surface area contributed by atoms with Gasteiger partial charge < -0.3 is 10.1 Å². The van der Waals surface area contributed by atoms with Crippen molar-refractivity contribution in [1.82, 2.24) is 9.78 Å². The normalized spacial score (nSPS) is 12.2. The molecular weight excluding hydrogens is 273 g/mol. The molecule has 1 atom stereocenters. The molecule has 0 radical (unpaired) electrons. The molecule has 0 spiro atoms. The summed E-state index contributed by atoms with van der Waals surface area (Å²) in [5.41, 5.74) is 1.17. The van der Waals surface area contributed by atoms with Gasteiger partial charge in [0.15, 0.2) is 6.04 Å². The first kappa shape index (κ1) is 15.0. The third-order valence-corrected chi connectivity index (χ3v) is 3.06. The van der Waals surface area contributed by atoms with Crippen molar-refractivity contribution in [2.24, 2.45) is 0 Å². The van der Waals surface area contributed by atoms with Gasteiger partial charge in [-0.3, -0.25) is 4.68 Å². The Morgan fingerprint density at radius 3 is 2.76 bits per heavy atom. The van der Waals surface area contributed by atoms with E-state index in [0.717, 1.165) is 0 Å². The minimum absolute atomic E-state index is 0.186. The maximum absolute atomic E-state index is 13.2. The Morgan fingerprint density at radius 1 is 1.43 bits per heavy atom. The van der Waals surface area contributed by atoms with Gasteiger partial charge in [-0.15, -0.1) is 0 Å². The maximum atomic E-state index is 13.2. The minimum Gasteiger partial charge on any atom is -0.467 e. The fourth-order valence-corrected chi connectivity index (χ4v) is 1.93. The lowest BCUT2D eigenvalue weighted by molar-refractivity contribution is -0.141. The molecule has 1 aromatic carbocycles. The number of aromatic nitrogens is 2. The van der Waals surface area contributed by atoms with Crippen LogP contribution in [-0.4, -0.2) is 22.9 Å². The topological polar surface area (TPSA) is 56.1 Å². The van der Waals surface area contributed by atoms with Crippen LogP contribution in [0.3, 0.4) is 0 Å². The SMILES string of the molecule is COC(=O)C(Nc1cccc(F)c1)c1cnn(C(C)C)c1. The van der Waals surface area contributed by atoms with Gasteiger partial charge in [0.2, 0.25) is 0 Å². The molecule has 112 valence electrons. The first-order chi connectivity index (χ1) is 10.0. The molecule has 0 amide bonds. The van der Waals surface area contributed by atoms with E-state index in [1.54, 1.807) is 29.2 Å². The second-order valence-corrected chi connectivity index (χ2v) is 4.96. The Labute approximate surface area is 122 Å². The number of hydrogen-bond acceptors (Lipinski definition) is 4. The molecule has 0 saturated carbocycles. The van der Waals surface area contributed by atoms with E-state index in [1.807, 2.05) is 13.8 Å². The average molecular weight is 291 g/mol. The Balaban J connectivity index is 2.27. The number of benzene rings is 1. The van der Waals surface area contributed by atoms with Crippen LogP contribution in [-0.2, 0) is 9.53 Å². The van der Waals surface area contributed by atoms with E-state index >= 15 is 0 Å². The summed E-state index contributed by atoms with van der Waals surface area (Å²) in [7, 11) is 1.31. The van der Waals surface area contributed by atoms with Crippen molar-refractivity contribution < 1.29 is 13.9 Å². The van der Waals surface area contributed by atoms with Gasteiger partial charge >= 0.3 is 5.97 Å². The molecular formula is C15H18FN3O2. The Bertz CT molecular complexity index is 625. The molecule has 1 N–H and O–H groups in total. The van der Waals surface area contributed by atoms with E-state index in [1.165, 1.54) is 19.2 Å². The van der Waals surface area contributed by atoms with Crippen molar-refractivity contribution in [1.29, 1.82) is 0 Å². The Hall–Kier alpha value is -2.37. The lowest BCUT2D eigenvalue weighted by Crippen LogP contribution is -2.22. The summed E-state index contributed by atoms with van der Waals surface area (Å²) in [5, 5.41) is 7.18. The van der Waals surface area contributed by atoms with Gasteiger partial charge in [-0.1, -0.05) is 6.07 Å². The zero-order valence-electron chi connectivity index (χ0n) is 12.2. The van der Waals surface area contributed by atoms with Gasteiger partial charge in [0, 0.05) is 23.5 Å². The molecule has 0 aliphatic heterocycles. The second-order valence-electron chi connectivity index (χ2n) is 4.96. The number of rotatable bonds is 5. The molecule has 1 aromatic heterocycles. The van der Waals surface area contributed by atoms with Crippen LogP contribution in [0, 0.1) is 5.82 Å². The summed E-state index contributed by atoms with van der Waals surface area (Å²) < 4.78 is 19.8. The first-order valence-electron chi connectivity index (χ1n) is 6.65. The number of esters is 1. The number of carbonyl (C=O) groups excluding carboxylic acids is 1. The predicted octanol–water partition coefficient (Wildman–Crippen LogP) is 2.93. The van der Waals surface area contributed by atoms with Crippen molar-refractivity contribution in [3.8, 4) is 0 Å². The van der Waals surface area contributed by atoms with Gasteiger partial charge in [-0.2, -0.15) is 5.10 Å². The smallest absolute Gasteiger partial charge is 0.333 e. The number of halogens is 1. The third-order valence-electron chi connectivity index (χ3n) is 3.06. The quantitative estimate of drug-likeness (QED) is 0.861. The standard InChI is InChI=1S/C15H18FN3O2/c1-10(2)19-9-11(8-17-19)14(15(20)21-3)18-13-6-4-5-12(16)7-13/h4-10,14,18H,1-3H3. The molecule has 0 saturated heterocycles. The van der Waals surface area contributed by atoms with Gasteiger partial charge in [0.25, 0.3) is 0 Å². The molecule has 2 rings (SSSR count). The van der Waals surface area contributed by atoms with E-state index in [4.69, 9.17) is 4.74 Å². The lowest BCUT2D eigenvalue weighted by atomic mass is 10.1. The summed E-state index contributed by atoms with van der Waals surface area (Å²) in [6, 6.07) is 5.38. The van der Waals surface area contributed by atoms with Crippen LogP contribution in [0.5, 0.6) is 0 Å². The first-order valence-corrected chi connectivity index (χ1v) is 6.65. The van der Waals surface area contributed by atoms with E-state index < -0.39 is 12.0 Å². The van der Waals surface area contributed by atoms with Gasteiger partial charge in [-0.05, 0) is 32.0 Å². The highest BCUT2D eigenvalue weighted by Gasteiger charge is 2.23. The monoisotopic (exact) mass is 291 g/mol. The van der Waals surface area contributed by atoms with Crippen molar-refractivity contribution >= 4 is 11.7 Å². The fraction of sp³-hybridized carbons (Fsp3) is 0.333. The van der Waals surface area contributed by atoms with E-state index in [0.29, 0.717) is 11.3 Å². The highest BCUT2D eigenvalue weighted by molar-refractivity contribution is 5.80. The number of carbonyl (C=O) groups is 1. The van der Waals surface area contributed by atoms with Crippen molar-refractivity contribution in [2.75, 3.05) is 12.4 Å². The molecule has 0 bridgehead atoms. The third kappa shape index (κ3) is 3.59. The summed E-state index contributed by atoms with van der Waals surface area (Å²) in [5.74, 6) is -0.830. The number of anilines is 1. The Kier molecular flexibility index (Phi) is 4.57. The van der Waals surface area contributed by atoms with Crippen LogP contribution in [0.4, 0.5) is 10.1 Å². The number of nitrogens with zero attached hydrogens (tertiary/aromatic N) is 2. The van der Waals surface area contributed by atoms with Gasteiger partial charge in [0.1, 0.15) is 5.82 Å². The second kappa shape index (κ2) is 6.39. The molecule has 1 heterocycles. The fourth-order valence-electron chi connectivity index (χ4n) is 1.93. The molecule has 5 nitrogen and oxygen atoms in total. The van der Waals surface area contributed by atoms with Crippen LogP contribution in [0.1, 0.15) is 31.5 Å². The minimum atomic E-state index is -0.732. The highest BCUT2D eigenvalue weighted by atomic mass is 19.1. The summed E-state index contributed by atoms with van der Waals surface area (Å²) in [6.45, 7) is 3.98. The van der Waals surface area contributed by atoms with Crippen LogP contribution < -0.4 is 5.32 Å². The molecule has 6 heteroatoms. The van der Waals surface area contributed by atoms with Crippen molar-refractivity contribution in [2.45, 2.75) is 25.9 Å². The molecule has 0 fully saturated rings. The predicted molar refractivity (Wildman–Crippen MR) is 77.4 cm³/mol. The van der Waals surface area contributed by atoms with Crippen molar-refractivity contribution in [3.05, 3.63) is 48.0 Å². The number of methoxy groups -OCH3 is 1. The highest BCUT2D eigenvalue weighted by Crippen LogP contribution is 2.22. The summed E-state index contributed by atoms with van der Waals surface area (Å²) in [4.78, 5) is 12.0. The molecule has 0 aliphatic rings. The van der Waals surface area contributed by atoms with Crippen LogP contribution in [0.15, 0.2) is 36.7 Å². The summed E-state index contributed by atoms with van der Waals surface area (Å²) >= 11 is 0. The van der Waals surface area contributed by atoms with Gasteiger partial charge in [-0.25, -0.2) is 9.18 Å². The maximum Gasteiger partial charge on any atom is 0.333 e. The largest absolute Gasteiger partial charge is 0.467 e. The van der Waals surface area contributed by atoms with Crippen LogP contribution in [0.25, 0.3) is 0 Å². The number of hydrogen-bond donors (Lipinski definition) is 1. The van der Waals surface area contributed by atoms with E-state index in [2.05, 4.69) is 10.4 Å². The molecule has 0 aliphatic carbocycles. The van der Waals surface area contributed by atoms with Crippen molar-refractivity contribution in [3.63, 3.8) is 0 Å². The van der Waals surface area contributed by atoms with Crippen LogP contribution in [0.2, 0.25) is 0 Å².